The summed E-state index contributed by atoms with van der Waals surface area (Å²) < 4.78 is 26.6. The Morgan fingerprint density at radius 1 is 1.29 bits per heavy atom. The first-order chi connectivity index (χ1) is 14.9. The fraction of sp³-hybridized carbons (Fsp3) is 0.409. The van der Waals surface area contributed by atoms with Crippen LogP contribution in [0.2, 0.25) is 0 Å². The van der Waals surface area contributed by atoms with Gasteiger partial charge in [-0.3, -0.25) is 14.7 Å². The Hall–Kier alpha value is -2.36. The number of para-hydroxylation sites is 1. The zero-order valence-corrected chi connectivity index (χ0v) is 19.3. The van der Waals surface area contributed by atoms with Crippen molar-refractivity contribution in [2.24, 2.45) is 5.92 Å². The molecule has 3 aromatic rings. The molecule has 0 N–H and O–H groups in total. The number of nitrogens with zero attached hydrogens (tertiary/aromatic N) is 4. The maximum absolute atomic E-state index is 13.7. The number of thiazole rings is 1. The molecular weight excluding hydrogens is 432 g/mol. The molecular formula is C22H26N4O3S2. The molecule has 0 saturated carbocycles. The number of anilines is 1. The normalized spacial score (nSPS) is 17.7. The van der Waals surface area contributed by atoms with Crippen molar-refractivity contribution in [3.8, 4) is 0 Å². The number of piperidine rings is 1. The van der Waals surface area contributed by atoms with Crippen molar-refractivity contribution >= 4 is 42.6 Å². The van der Waals surface area contributed by atoms with Gasteiger partial charge in [0, 0.05) is 25.5 Å². The summed E-state index contributed by atoms with van der Waals surface area (Å²) in [4.78, 5) is 24.4. The van der Waals surface area contributed by atoms with Crippen molar-refractivity contribution < 1.29 is 13.2 Å². The van der Waals surface area contributed by atoms with Crippen LogP contribution >= 0.6 is 11.3 Å². The number of hydrogen-bond donors (Lipinski definition) is 0. The lowest BCUT2D eigenvalue weighted by Gasteiger charge is -2.33. The average Bonchev–Trinajstić information content (AvgIpc) is 3.21. The Morgan fingerprint density at radius 3 is 2.84 bits per heavy atom. The predicted molar refractivity (Wildman–Crippen MR) is 124 cm³/mol. The van der Waals surface area contributed by atoms with Gasteiger partial charge in [0.05, 0.1) is 28.9 Å². The summed E-state index contributed by atoms with van der Waals surface area (Å²) in [7, 11) is -3.33. The molecule has 0 spiro atoms. The van der Waals surface area contributed by atoms with Crippen LogP contribution in [0.3, 0.4) is 0 Å². The number of sulfonamides is 1. The van der Waals surface area contributed by atoms with Crippen LogP contribution in [-0.2, 0) is 27.8 Å². The van der Waals surface area contributed by atoms with Crippen molar-refractivity contribution in [2.75, 3.05) is 24.2 Å². The third kappa shape index (κ3) is 4.78. The highest BCUT2D eigenvalue weighted by Gasteiger charge is 2.34. The molecule has 1 aliphatic rings. The van der Waals surface area contributed by atoms with Crippen molar-refractivity contribution in [3.63, 3.8) is 0 Å². The molecule has 0 radical (unpaired) electrons. The van der Waals surface area contributed by atoms with Crippen LogP contribution in [0.15, 0.2) is 42.7 Å². The summed E-state index contributed by atoms with van der Waals surface area (Å²) >= 11 is 1.49. The SMILES string of the molecule is CCc1cccc2sc(N(Cc3cccnc3)C(=O)C3CCCN(S(C)(=O)=O)C3)nc12. The monoisotopic (exact) mass is 458 g/mol. The van der Waals surface area contributed by atoms with Crippen LogP contribution in [-0.4, -0.2) is 47.9 Å². The van der Waals surface area contributed by atoms with Gasteiger partial charge in [-0.15, -0.1) is 0 Å². The van der Waals surface area contributed by atoms with Gasteiger partial charge in [-0.05, 0) is 42.5 Å². The molecule has 0 bridgehead atoms. The number of carbonyl (C=O) groups is 1. The van der Waals surface area contributed by atoms with Gasteiger partial charge in [0.1, 0.15) is 0 Å². The Balaban J connectivity index is 1.70. The van der Waals surface area contributed by atoms with Gasteiger partial charge in [-0.1, -0.05) is 36.5 Å². The van der Waals surface area contributed by atoms with E-state index in [-0.39, 0.29) is 12.5 Å². The fourth-order valence-corrected chi connectivity index (χ4v) is 5.90. The third-order valence-electron chi connectivity index (χ3n) is 5.63. The smallest absolute Gasteiger partial charge is 0.233 e. The molecule has 3 heterocycles. The molecule has 7 nitrogen and oxygen atoms in total. The summed E-state index contributed by atoms with van der Waals surface area (Å²) in [5.41, 5.74) is 2.98. The van der Waals surface area contributed by atoms with E-state index >= 15 is 0 Å². The van der Waals surface area contributed by atoms with Crippen molar-refractivity contribution in [1.29, 1.82) is 0 Å². The largest absolute Gasteiger partial charge is 0.283 e. The van der Waals surface area contributed by atoms with Crippen LogP contribution < -0.4 is 4.90 Å². The molecule has 1 atom stereocenters. The first-order valence-electron chi connectivity index (χ1n) is 10.4. The third-order valence-corrected chi connectivity index (χ3v) is 7.95. The molecule has 164 valence electrons. The Morgan fingerprint density at radius 2 is 2.13 bits per heavy atom. The van der Waals surface area contributed by atoms with Gasteiger partial charge in [0.15, 0.2) is 5.13 Å². The predicted octanol–water partition coefficient (Wildman–Crippen LogP) is 3.46. The van der Waals surface area contributed by atoms with Crippen LogP contribution in [0.25, 0.3) is 10.2 Å². The van der Waals surface area contributed by atoms with E-state index in [2.05, 4.69) is 18.0 Å². The molecule has 1 amide bonds. The molecule has 1 aliphatic heterocycles. The minimum Gasteiger partial charge on any atom is -0.283 e. The summed E-state index contributed by atoms with van der Waals surface area (Å²) in [5, 5.41) is 0.640. The number of carbonyl (C=O) groups excluding carboxylic acids is 1. The number of benzene rings is 1. The minimum atomic E-state index is -3.33. The van der Waals surface area contributed by atoms with E-state index in [0.29, 0.717) is 31.1 Å². The molecule has 1 fully saturated rings. The molecule has 31 heavy (non-hydrogen) atoms. The van der Waals surface area contributed by atoms with Crippen LogP contribution in [0.5, 0.6) is 0 Å². The number of aryl methyl sites for hydroxylation is 1. The highest BCUT2D eigenvalue weighted by Crippen LogP contribution is 2.33. The van der Waals surface area contributed by atoms with E-state index in [1.165, 1.54) is 21.9 Å². The topological polar surface area (TPSA) is 83.5 Å². The zero-order valence-electron chi connectivity index (χ0n) is 17.7. The van der Waals surface area contributed by atoms with E-state index in [4.69, 9.17) is 4.98 Å². The maximum Gasteiger partial charge on any atom is 0.233 e. The first-order valence-corrected chi connectivity index (χ1v) is 13.1. The lowest BCUT2D eigenvalue weighted by Crippen LogP contribution is -2.46. The molecule has 1 unspecified atom stereocenters. The molecule has 1 aromatic carbocycles. The molecule has 2 aromatic heterocycles. The second-order valence-electron chi connectivity index (χ2n) is 7.86. The van der Waals surface area contributed by atoms with Crippen molar-refractivity contribution in [3.05, 3.63) is 53.9 Å². The van der Waals surface area contributed by atoms with Crippen molar-refractivity contribution in [2.45, 2.75) is 32.7 Å². The van der Waals surface area contributed by atoms with Gasteiger partial charge in [0.2, 0.25) is 15.9 Å². The number of hydrogen-bond acceptors (Lipinski definition) is 6. The zero-order chi connectivity index (χ0) is 22.0. The van der Waals surface area contributed by atoms with Crippen LogP contribution in [0.4, 0.5) is 5.13 Å². The summed E-state index contributed by atoms with van der Waals surface area (Å²) in [6.07, 6.45) is 6.85. The van der Waals surface area contributed by atoms with Gasteiger partial charge in [0.25, 0.3) is 0 Å². The number of rotatable bonds is 6. The minimum absolute atomic E-state index is 0.0886. The summed E-state index contributed by atoms with van der Waals surface area (Å²) in [5.74, 6) is -0.480. The van der Waals surface area contributed by atoms with Crippen molar-refractivity contribution in [1.82, 2.24) is 14.3 Å². The first kappa shape index (κ1) is 21.9. The number of pyridine rings is 1. The Kier molecular flexibility index (Phi) is 6.36. The molecule has 9 heteroatoms. The highest BCUT2D eigenvalue weighted by molar-refractivity contribution is 7.88. The average molecular weight is 459 g/mol. The van der Waals surface area contributed by atoms with Crippen LogP contribution in [0.1, 0.15) is 30.9 Å². The fourth-order valence-electron chi connectivity index (χ4n) is 3.97. The lowest BCUT2D eigenvalue weighted by molar-refractivity contribution is -0.123. The second-order valence-corrected chi connectivity index (χ2v) is 10.9. The van der Waals surface area contributed by atoms with E-state index < -0.39 is 15.9 Å². The summed E-state index contributed by atoms with van der Waals surface area (Å²) in [6.45, 7) is 3.12. The Bertz CT molecular complexity index is 1180. The standard InChI is InChI=1S/C22H26N4O3S2/c1-3-17-8-4-10-19-20(17)24-22(30-19)26(14-16-7-5-11-23-13-16)21(27)18-9-6-12-25(15-18)31(2,28)29/h4-5,7-8,10-11,13,18H,3,6,9,12,14-15H2,1-2H3. The Labute approximate surface area is 186 Å². The van der Waals surface area contributed by atoms with Crippen LogP contribution in [0, 0.1) is 5.92 Å². The van der Waals surface area contributed by atoms with E-state index in [9.17, 15) is 13.2 Å². The second kappa shape index (κ2) is 9.02. The van der Waals surface area contributed by atoms with E-state index in [0.717, 1.165) is 27.8 Å². The quantitative estimate of drug-likeness (QED) is 0.565. The number of fused-ring (bicyclic) bond motifs is 1. The molecule has 4 rings (SSSR count). The van der Waals surface area contributed by atoms with Gasteiger partial charge in [-0.25, -0.2) is 17.7 Å². The van der Waals surface area contributed by atoms with E-state index in [1.807, 2.05) is 24.3 Å². The van der Waals surface area contributed by atoms with Gasteiger partial charge < -0.3 is 0 Å². The van der Waals surface area contributed by atoms with Gasteiger partial charge in [-0.2, -0.15) is 0 Å². The highest BCUT2D eigenvalue weighted by atomic mass is 32.2. The number of aromatic nitrogens is 2. The lowest BCUT2D eigenvalue weighted by atomic mass is 9.98. The summed E-state index contributed by atoms with van der Waals surface area (Å²) in [6, 6.07) is 9.87. The number of amides is 1. The maximum atomic E-state index is 13.7. The molecule has 1 saturated heterocycles. The van der Waals surface area contributed by atoms with E-state index in [1.54, 1.807) is 17.3 Å². The van der Waals surface area contributed by atoms with Gasteiger partial charge >= 0.3 is 0 Å². The molecule has 0 aliphatic carbocycles.